The van der Waals surface area contributed by atoms with Crippen molar-refractivity contribution in [3.8, 4) is 11.5 Å². The molecule has 2 N–H and O–H groups in total. The molecular weight excluding hydrogens is 354 g/mol. The van der Waals surface area contributed by atoms with E-state index >= 15 is 0 Å². The van der Waals surface area contributed by atoms with Gasteiger partial charge in [-0.3, -0.25) is 9.78 Å². The first-order valence-corrected chi connectivity index (χ1v) is 9.23. The number of carbonyl (C=O) groups is 1. The number of pyridine rings is 1. The van der Waals surface area contributed by atoms with E-state index in [0.717, 1.165) is 25.1 Å². The van der Waals surface area contributed by atoms with E-state index in [1.165, 1.54) is 5.56 Å². The number of ether oxygens (including phenoxy) is 2. The minimum atomic E-state index is -0.271. The molecule has 142 valence electrons. The first-order chi connectivity index (χ1) is 13.8. The fraction of sp³-hybridized carbons (Fsp3) is 0.182. The molecule has 4 rings (SSSR count). The fourth-order valence-corrected chi connectivity index (χ4v) is 3.00. The molecule has 0 fully saturated rings. The van der Waals surface area contributed by atoms with Crippen molar-refractivity contribution in [3.05, 3.63) is 78.1 Å². The number of amides is 1. The van der Waals surface area contributed by atoms with Gasteiger partial charge >= 0.3 is 0 Å². The van der Waals surface area contributed by atoms with Crippen molar-refractivity contribution in [1.29, 1.82) is 0 Å². The zero-order valence-corrected chi connectivity index (χ0v) is 15.4. The Hall–Kier alpha value is -3.54. The molecule has 6 nitrogen and oxygen atoms in total. The fourth-order valence-electron chi connectivity index (χ4n) is 3.00. The van der Waals surface area contributed by atoms with E-state index in [-0.39, 0.29) is 12.7 Å². The summed E-state index contributed by atoms with van der Waals surface area (Å²) in [6.45, 7) is 1.02. The molecule has 3 aromatic rings. The molecule has 2 heterocycles. The number of hydrogen-bond donors (Lipinski definition) is 2. The molecule has 0 saturated carbocycles. The van der Waals surface area contributed by atoms with E-state index in [1.807, 2.05) is 12.1 Å². The smallest absolute Gasteiger partial charge is 0.274 e. The quantitative estimate of drug-likeness (QED) is 0.608. The highest BCUT2D eigenvalue weighted by atomic mass is 16.7. The number of nitrogens with one attached hydrogen (secondary N) is 2. The van der Waals surface area contributed by atoms with Crippen molar-refractivity contribution in [1.82, 2.24) is 4.98 Å². The Bertz CT molecular complexity index is 960. The number of fused-ring (bicyclic) bond motifs is 1. The van der Waals surface area contributed by atoms with E-state index in [9.17, 15) is 4.79 Å². The Labute approximate surface area is 163 Å². The van der Waals surface area contributed by atoms with Crippen LogP contribution in [0.15, 0.2) is 66.9 Å². The van der Waals surface area contributed by atoms with Crippen LogP contribution in [0, 0.1) is 0 Å². The number of nitrogens with zero attached hydrogens (tertiary/aromatic N) is 1. The summed E-state index contributed by atoms with van der Waals surface area (Å²) in [5.74, 6) is 1.03. The summed E-state index contributed by atoms with van der Waals surface area (Å²) in [5.41, 5.74) is 3.18. The number of carbonyl (C=O) groups excluding carboxylic acids is 1. The van der Waals surface area contributed by atoms with Gasteiger partial charge in [-0.05, 0) is 42.7 Å². The molecule has 0 spiro atoms. The summed E-state index contributed by atoms with van der Waals surface area (Å²) in [6.07, 6.45) is 3.65. The van der Waals surface area contributed by atoms with Crippen LogP contribution >= 0.6 is 0 Å². The van der Waals surface area contributed by atoms with Crippen molar-refractivity contribution in [3.63, 3.8) is 0 Å². The summed E-state index contributed by atoms with van der Waals surface area (Å²) >= 11 is 0. The van der Waals surface area contributed by atoms with Crippen LogP contribution in [0.3, 0.4) is 0 Å². The molecule has 1 aliphatic heterocycles. The van der Waals surface area contributed by atoms with E-state index in [2.05, 4.69) is 39.9 Å². The maximum atomic E-state index is 12.5. The summed E-state index contributed by atoms with van der Waals surface area (Å²) in [7, 11) is 0. The first kappa shape index (κ1) is 17.9. The van der Waals surface area contributed by atoms with Gasteiger partial charge in [-0.15, -0.1) is 0 Å². The highest BCUT2D eigenvalue weighted by molar-refractivity contribution is 6.03. The molecule has 1 aromatic heterocycles. The number of rotatable bonds is 7. The van der Waals surface area contributed by atoms with Crippen LogP contribution in [-0.2, 0) is 6.42 Å². The topological polar surface area (TPSA) is 72.5 Å². The van der Waals surface area contributed by atoms with Gasteiger partial charge in [0.2, 0.25) is 6.79 Å². The Balaban J connectivity index is 1.32. The number of aromatic nitrogens is 1. The third kappa shape index (κ3) is 4.40. The van der Waals surface area contributed by atoms with Crippen molar-refractivity contribution >= 4 is 17.3 Å². The second-order valence-electron chi connectivity index (χ2n) is 6.47. The van der Waals surface area contributed by atoms with E-state index < -0.39 is 0 Å². The molecule has 0 unspecified atom stereocenters. The number of hydrogen-bond acceptors (Lipinski definition) is 5. The third-order valence-corrected chi connectivity index (χ3v) is 4.44. The van der Waals surface area contributed by atoms with E-state index in [1.54, 1.807) is 30.5 Å². The van der Waals surface area contributed by atoms with Crippen molar-refractivity contribution in [2.45, 2.75) is 12.8 Å². The van der Waals surface area contributed by atoms with Gasteiger partial charge in [0.25, 0.3) is 5.91 Å². The summed E-state index contributed by atoms with van der Waals surface area (Å²) in [6, 6.07) is 19.3. The van der Waals surface area contributed by atoms with Gasteiger partial charge in [-0.2, -0.15) is 0 Å². The van der Waals surface area contributed by atoms with Crippen LogP contribution in [0.4, 0.5) is 11.4 Å². The van der Waals surface area contributed by atoms with Gasteiger partial charge < -0.3 is 20.1 Å². The molecule has 1 aliphatic rings. The Morgan fingerprint density at radius 3 is 2.71 bits per heavy atom. The van der Waals surface area contributed by atoms with Gasteiger partial charge in [0, 0.05) is 30.2 Å². The van der Waals surface area contributed by atoms with Crippen LogP contribution in [-0.4, -0.2) is 24.2 Å². The lowest BCUT2D eigenvalue weighted by Gasteiger charge is -2.09. The standard InChI is InChI=1S/C22H21N3O3/c26-22(25-18-8-9-20-21(14-18)28-15-27-20)19-13-17(10-12-24-19)23-11-4-7-16-5-2-1-3-6-16/h1-3,5-6,8-10,12-14H,4,7,11,15H2,(H,23,24)(H,25,26). The van der Waals surface area contributed by atoms with Gasteiger partial charge in [0.15, 0.2) is 11.5 Å². The molecule has 0 saturated heterocycles. The summed E-state index contributed by atoms with van der Waals surface area (Å²) in [4.78, 5) is 16.7. The third-order valence-electron chi connectivity index (χ3n) is 4.44. The minimum Gasteiger partial charge on any atom is -0.454 e. The largest absolute Gasteiger partial charge is 0.454 e. The molecular formula is C22H21N3O3. The van der Waals surface area contributed by atoms with Crippen molar-refractivity contribution in [2.75, 3.05) is 24.0 Å². The second kappa shape index (κ2) is 8.43. The number of aryl methyl sites for hydroxylation is 1. The minimum absolute atomic E-state index is 0.201. The van der Waals surface area contributed by atoms with Crippen LogP contribution in [0.5, 0.6) is 11.5 Å². The first-order valence-electron chi connectivity index (χ1n) is 9.23. The van der Waals surface area contributed by atoms with E-state index in [0.29, 0.717) is 22.9 Å². The van der Waals surface area contributed by atoms with Crippen LogP contribution < -0.4 is 20.1 Å². The van der Waals surface area contributed by atoms with E-state index in [4.69, 9.17) is 9.47 Å². The average molecular weight is 375 g/mol. The predicted molar refractivity (Wildman–Crippen MR) is 108 cm³/mol. The van der Waals surface area contributed by atoms with Gasteiger partial charge in [-0.25, -0.2) is 0 Å². The highest BCUT2D eigenvalue weighted by Gasteiger charge is 2.15. The molecule has 0 bridgehead atoms. The lowest BCUT2D eigenvalue weighted by Crippen LogP contribution is -2.14. The lowest BCUT2D eigenvalue weighted by molar-refractivity contribution is 0.102. The molecule has 6 heteroatoms. The van der Waals surface area contributed by atoms with Gasteiger partial charge in [0.05, 0.1) is 0 Å². The molecule has 0 aliphatic carbocycles. The summed E-state index contributed by atoms with van der Waals surface area (Å²) < 4.78 is 10.6. The monoisotopic (exact) mass is 375 g/mol. The predicted octanol–water partition coefficient (Wildman–Crippen LogP) is 4.11. The van der Waals surface area contributed by atoms with Gasteiger partial charge in [-0.1, -0.05) is 30.3 Å². The Morgan fingerprint density at radius 1 is 0.964 bits per heavy atom. The number of anilines is 2. The summed E-state index contributed by atoms with van der Waals surface area (Å²) in [5, 5.41) is 6.19. The highest BCUT2D eigenvalue weighted by Crippen LogP contribution is 2.34. The van der Waals surface area contributed by atoms with Crippen LogP contribution in [0.2, 0.25) is 0 Å². The zero-order valence-electron chi connectivity index (χ0n) is 15.4. The SMILES string of the molecule is O=C(Nc1ccc2c(c1)OCO2)c1cc(NCCCc2ccccc2)ccn1. The molecule has 0 radical (unpaired) electrons. The normalized spacial score (nSPS) is 11.9. The average Bonchev–Trinajstić information content (AvgIpc) is 3.20. The molecule has 0 atom stereocenters. The molecule has 28 heavy (non-hydrogen) atoms. The molecule has 1 amide bonds. The van der Waals surface area contributed by atoms with Crippen molar-refractivity contribution < 1.29 is 14.3 Å². The van der Waals surface area contributed by atoms with Crippen LogP contribution in [0.1, 0.15) is 22.5 Å². The molecule has 2 aromatic carbocycles. The van der Waals surface area contributed by atoms with Crippen LogP contribution in [0.25, 0.3) is 0 Å². The maximum Gasteiger partial charge on any atom is 0.274 e. The zero-order chi connectivity index (χ0) is 19.2. The van der Waals surface area contributed by atoms with Gasteiger partial charge in [0.1, 0.15) is 5.69 Å². The Morgan fingerprint density at radius 2 is 1.82 bits per heavy atom. The number of benzene rings is 2. The lowest BCUT2D eigenvalue weighted by atomic mass is 10.1. The maximum absolute atomic E-state index is 12.5. The Kier molecular flexibility index (Phi) is 5.38. The second-order valence-corrected chi connectivity index (χ2v) is 6.47. The van der Waals surface area contributed by atoms with Crippen molar-refractivity contribution in [2.24, 2.45) is 0 Å².